The summed E-state index contributed by atoms with van der Waals surface area (Å²) in [4.78, 5) is 14.2. The number of amides is 1. The molecule has 13 heavy (non-hydrogen) atoms. The van der Waals surface area contributed by atoms with Crippen molar-refractivity contribution in [3.05, 3.63) is 16.9 Å². The Labute approximate surface area is 84.8 Å². The number of carbonyl (C=O) groups excluding carboxylic acids is 1. The van der Waals surface area contributed by atoms with Crippen molar-refractivity contribution in [1.29, 1.82) is 0 Å². The molecule has 0 aromatic carbocycles. The first-order chi connectivity index (χ1) is 6.13. The Balaban J connectivity index is 2.54. The van der Waals surface area contributed by atoms with Crippen molar-refractivity contribution in [2.45, 2.75) is 13.0 Å². The van der Waals surface area contributed by atoms with Crippen LogP contribution in [0.4, 0.5) is 5.69 Å². The summed E-state index contributed by atoms with van der Waals surface area (Å²) in [5, 5.41) is 2.69. The van der Waals surface area contributed by atoms with Gasteiger partial charge in [0.2, 0.25) is 0 Å². The number of methoxy groups -OCH3 is 1. The molecular formula is C8H11BrN2O2. The minimum absolute atomic E-state index is 0.158. The lowest BCUT2D eigenvalue weighted by atomic mass is 10.3. The SMILES string of the molecule is CO[C@H](C)C(=O)Nc1c[nH]c(Br)c1. The number of hydrogen-bond acceptors (Lipinski definition) is 2. The topological polar surface area (TPSA) is 54.1 Å². The molecule has 1 aromatic rings. The number of anilines is 1. The summed E-state index contributed by atoms with van der Waals surface area (Å²) >= 11 is 3.24. The maximum atomic E-state index is 11.3. The van der Waals surface area contributed by atoms with Crippen molar-refractivity contribution < 1.29 is 9.53 Å². The van der Waals surface area contributed by atoms with Crippen LogP contribution in [0.15, 0.2) is 16.9 Å². The Morgan fingerprint density at radius 1 is 1.77 bits per heavy atom. The second kappa shape index (κ2) is 4.43. The van der Waals surface area contributed by atoms with Crippen LogP contribution in [0.2, 0.25) is 0 Å². The Morgan fingerprint density at radius 2 is 2.46 bits per heavy atom. The molecule has 72 valence electrons. The largest absolute Gasteiger partial charge is 0.372 e. The summed E-state index contributed by atoms with van der Waals surface area (Å²) in [5.74, 6) is -0.158. The fourth-order valence-corrected chi connectivity index (χ4v) is 1.15. The summed E-state index contributed by atoms with van der Waals surface area (Å²) in [7, 11) is 1.50. The molecule has 0 aliphatic carbocycles. The molecule has 1 aromatic heterocycles. The minimum Gasteiger partial charge on any atom is -0.372 e. The maximum Gasteiger partial charge on any atom is 0.253 e. The van der Waals surface area contributed by atoms with E-state index in [1.165, 1.54) is 7.11 Å². The zero-order valence-corrected chi connectivity index (χ0v) is 9.01. The van der Waals surface area contributed by atoms with Crippen LogP contribution in [0.5, 0.6) is 0 Å². The van der Waals surface area contributed by atoms with E-state index in [2.05, 4.69) is 26.2 Å². The predicted molar refractivity (Wildman–Crippen MR) is 53.6 cm³/mol. The highest BCUT2D eigenvalue weighted by atomic mass is 79.9. The molecule has 1 atom stereocenters. The van der Waals surface area contributed by atoms with Crippen LogP contribution in [0, 0.1) is 0 Å². The van der Waals surface area contributed by atoms with E-state index in [9.17, 15) is 4.79 Å². The lowest BCUT2D eigenvalue weighted by Crippen LogP contribution is -2.26. The fraction of sp³-hybridized carbons (Fsp3) is 0.375. The molecule has 2 N–H and O–H groups in total. The first-order valence-corrected chi connectivity index (χ1v) is 4.60. The maximum absolute atomic E-state index is 11.3. The highest BCUT2D eigenvalue weighted by Crippen LogP contribution is 2.14. The highest BCUT2D eigenvalue weighted by Gasteiger charge is 2.11. The van der Waals surface area contributed by atoms with Gasteiger partial charge < -0.3 is 15.0 Å². The van der Waals surface area contributed by atoms with E-state index in [4.69, 9.17) is 4.74 Å². The van der Waals surface area contributed by atoms with Crippen LogP contribution < -0.4 is 5.32 Å². The van der Waals surface area contributed by atoms with Gasteiger partial charge in [0.25, 0.3) is 5.91 Å². The van der Waals surface area contributed by atoms with Gasteiger partial charge in [-0.05, 0) is 28.9 Å². The fourth-order valence-electron chi connectivity index (χ4n) is 0.790. The van der Waals surface area contributed by atoms with Crippen molar-refractivity contribution in [3.8, 4) is 0 Å². The highest BCUT2D eigenvalue weighted by molar-refractivity contribution is 9.10. The van der Waals surface area contributed by atoms with E-state index in [0.717, 1.165) is 10.3 Å². The quantitative estimate of drug-likeness (QED) is 0.854. The third-order valence-electron chi connectivity index (χ3n) is 1.64. The summed E-state index contributed by atoms with van der Waals surface area (Å²) in [6.45, 7) is 1.69. The van der Waals surface area contributed by atoms with E-state index in [1.54, 1.807) is 19.2 Å². The second-order valence-electron chi connectivity index (χ2n) is 2.60. The van der Waals surface area contributed by atoms with E-state index in [-0.39, 0.29) is 5.91 Å². The number of ether oxygens (including phenoxy) is 1. The van der Waals surface area contributed by atoms with Crippen LogP contribution in [0.25, 0.3) is 0 Å². The third kappa shape index (κ3) is 2.86. The second-order valence-corrected chi connectivity index (χ2v) is 3.46. The van der Waals surface area contributed by atoms with E-state index >= 15 is 0 Å². The first kappa shape index (κ1) is 10.3. The van der Waals surface area contributed by atoms with Crippen molar-refractivity contribution in [2.75, 3.05) is 12.4 Å². The summed E-state index contributed by atoms with van der Waals surface area (Å²) in [5.41, 5.74) is 0.723. The zero-order chi connectivity index (χ0) is 9.84. The molecule has 0 saturated carbocycles. The number of hydrogen-bond donors (Lipinski definition) is 2. The molecule has 0 unspecified atom stereocenters. The van der Waals surface area contributed by atoms with Gasteiger partial charge in [-0.15, -0.1) is 0 Å². The molecule has 0 fully saturated rings. The normalized spacial score (nSPS) is 12.5. The summed E-state index contributed by atoms with van der Waals surface area (Å²) < 4.78 is 5.68. The molecule has 0 aliphatic heterocycles. The number of H-pyrrole nitrogens is 1. The van der Waals surface area contributed by atoms with Gasteiger partial charge in [0.15, 0.2) is 0 Å². The average molecular weight is 247 g/mol. The molecule has 0 spiro atoms. The van der Waals surface area contributed by atoms with Crippen LogP contribution in [-0.2, 0) is 9.53 Å². The molecule has 1 amide bonds. The number of carbonyl (C=O) groups is 1. The summed E-state index contributed by atoms with van der Waals surface area (Å²) in [6, 6.07) is 1.78. The first-order valence-electron chi connectivity index (χ1n) is 3.81. The van der Waals surface area contributed by atoms with E-state index in [1.807, 2.05) is 0 Å². The van der Waals surface area contributed by atoms with Gasteiger partial charge >= 0.3 is 0 Å². The lowest BCUT2D eigenvalue weighted by molar-refractivity contribution is -0.124. The number of nitrogens with one attached hydrogen (secondary N) is 2. The molecular weight excluding hydrogens is 236 g/mol. The molecule has 0 aliphatic rings. The Hall–Kier alpha value is -0.810. The van der Waals surface area contributed by atoms with Gasteiger partial charge in [-0.3, -0.25) is 4.79 Å². The van der Waals surface area contributed by atoms with E-state index in [0.29, 0.717) is 0 Å². The van der Waals surface area contributed by atoms with Crippen LogP contribution in [-0.4, -0.2) is 24.1 Å². The standard InChI is InChI=1S/C8H11BrN2O2/c1-5(13-2)8(12)11-6-3-7(9)10-4-6/h3-5,10H,1-2H3,(H,11,12)/t5-/m1/s1. The van der Waals surface area contributed by atoms with Gasteiger partial charge in [0.05, 0.1) is 10.3 Å². The van der Waals surface area contributed by atoms with Crippen LogP contribution in [0.3, 0.4) is 0 Å². The lowest BCUT2D eigenvalue weighted by Gasteiger charge is -2.08. The Morgan fingerprint density at radius 3 is 2.92 bits per heavy atom. The number of rotatable bonds is 3. The summed E-state index contributed by atoms with van der Waals surface area (Å²) in [6.07, 6.45) is 1.26. The molecule has 1 heterocycles. The molecule has 0 radical (unpaired) electrons. The molecule has 1 rings (SSSR count). The smallest absolute Gasteiger partial charge is 0.253 e. The minimum atomic E-state index is -0.436. The molecule has 5 heteroatoms. The third-order valence-corrected chi connectivity index (χ3v) is 2.10. The Bertz CT molecular complexity index is 298. The number of aromatic amines is 1. The van der Waals surface area contributed by atoms with Crippen molar-refractivity contribution >= 4 is 27.5 Å². The van der Waals surface area contributed by atoms with Gasteiger partial charge in [-0.2, -0.15) is 0 Å². The van der Waals surface area contributed by atoms with Gasteiger partial charge in [0.1, 0.15) is 6.10 Å². The molecule has 0 saturated heterocycles. The monoisotopic (exact) mass is 246 g/mol. The predicted octanol–water partition coefficient (Wildman–Crippen LogP) is 1.75. The van der Waals surface area contributed by atoms with Crippen molar-refractivity contribution in [3.63, 3.8) is 0 Å². The van der Waals surface area contributed by atoms with Crippen LogP contribution in [0.1, 0.15) is 6.92 Å². The Kier molecular flexibility index (Phi) is 3.50. The zero-order valence-electron chi connectivity index (χ0n) is 7.43. The average Bonchev–Trinajstić information content (AvgIpc) is 2.49. The van der Waals surface area contributed by atoms with Gasteiger partial charge in [0, 0.05) is 13.3 Å². The van der Waals surface area contributed by atoms with Gasteiger partial charge in [-0.25, -0.2) is 0 Å². The van der Waals surface area contributed by atoms with Crippen molar-refractivity contribution in [1.82, 2.24) is 4.98 Å². The van der Waals surface area contributed by atoms with Crippen LogP contribution >= 0.6 is 15.9 Å². The molecule has 4 nitrogen and oxygen atoms in total. The number of aromatic nitrogens is 1. The van der Waals surface area contributed by atoms with Gasteiger partial charge in [-0.1, -0.05) is 0 Å². The molecule has 0 bridgehead atoms. The van der Waals surface area contributed by atoms with Crippen molar-refractivity contribution in [2.24, 2.45) is 0 Å². The number of halogens is 1. The van der Waals surface area contributed by atoms with E-state index < -0.39 is 6.10 Å².